The molecule has 0 aliphatic rings. The highest BCUT2D eigenvalue weighted by atomic mass is 16.5. The number of hydrogen-bond acceptors (Lipinski definition) is 4. The highest BCUT2D eigenvalue weighted by molar-refractivity contribution is 5.95. The number of amides is 1. The lowest BCUT2D eigenvalue weighted by Crippen LogP contribution is -2.35. The Morgan fingerprint density at radius 1 is 1.08 bits per heavy atom. The van der Waals surface area contributed by atoms with Crippen LogP contribution in [0.15, 0.2) is 54.6 Å². The third-order valence-electron chi connectivity index (χ3n) is 3.44. The van der Waals surface area contributed by atoms with Gasteiger partial charge in [-0.15, -0.1) is 0 Å². The summed E-state index contributed by atoms with van der Waals surface area (Å²) in [5.74, 6) is 0.262. The van der Waals surface area contributed by atoms with Gasteiger partial charge in [0.1, 0.15) is 5.75 Å². The molecule has 0 aliphatic carbocycles. The van der Waals surface area contributed by atoms with E-state index in [9.17, 15) is 9.59 Å². The Morgan fingerprint density at radius 2 is 1.75 bits per heavy atom. The standard InChI is InChI=1S/C19H18N2O3/c1-15(22)16-8-10-18(11-9-16)24-14-19(23)21(13-5-12-20)17-6-3-2-4-7-17/h2-4,6-11H,5,13-14H2,1H3. The maximum Gasteiger partial charge on any atom is 0.264 e. The first kappa shape index (κ1) is 17.2. The van der Waals surface area contributed by atoms with E-state index in [2.05, 4.69) is 0 Å². The van der Waals surface area contributed by atoms with E-state index in [4.69, 9.17) is 10.00 Å². The predicted molar refractivity (Wildman–Crippen MR) is 91.0 cm³/mol. The third-order valence-corrected chi connectivity index (χ3v) is 3.44. The van der Waals surface area contributed by atoms with Crippen molar-refractivity contribution in [1.29, 1.82) is 5.26 Å². The van der Waals surface area contributed by atoms with Crippen LogP contribution in [0.5, 0.6) is 5.75 Å². The summed E-state index contributed by atoms with van der Waals surface area (Å²) in [4.78, 5) is 25.2. The molecule has 0 spiro atoms. The molecule has 0 aliphatic heterocycles. The van der Waals surface area contributed by atoms with E-state index < -0.39 is 0 Å². The molecule has 0 saturated carbocycles. The zero-order chi connectivity index (χ0) is 17.4. The Labute approximate surface area is 141 Å². The minimum atomic E-state index is -0.230. The van der Waals surface area contributed by atoms with Crippen molar-refractivity contribution in [2.75, 3.05) is 18.1 Å². The van der Waals surface area contributed by atoms with Crippen LogP contribution in [-0.2, 0) is 4.79 Å². The molecule has 0 unspecified atom stereocenters. The van der Waals surface area contributed by atoms with Gasteiger partial charge in [-0.05, 0) is 43.3 Å². The van der Waals surface area contributed by atoms with Crippen LogP contribution in [0.1, 0.15) is 23.7 Å². The average Bonchev–Trinajstić information content (AvgIpc) is 2.61. The number of Topliss-reactive ketones (excluding diaryl/α,β-unsaturated/α-hetero) is 1. The average molecular weight is 322 g/mol. The van der Waals surface area contributed by atoms with E-state index in [1.54, 1.807) is 24.3 Å². The molecule has 0 saturated heterocycles. The van der Waals surface area contributed by atoms with Crippen LogP contribution in [-0.4, -0.2) is 24.8 Å². The number of benzene rings is 2. The minimum Gasteiger partial charge on any atom is -0.484 e. The third kappa shape index (κ3) is 4.68. The molecule has 0 fully saturated rings. The van der Waals surface area contributed by atoms with Crippen molar-refractivity contribution < 1.29 is 14.3 Å². The minimum absolute atomic E-state index is 0.0237. The molecule has 5 nitrogen and oxygen atoms in total. The number of carbonyl (C=O) groups is 2. The Hall–Kier alpha value is -3.13. The normalized spacial score (nSPS) is 9.83. The van der Waals surface area contributed by atoms with Crippen molar-refractivity contribution in [3.05, 3.63) is 60.2 Å². The lowest BCUT2D eigenvalue weighted by Gasteiger charge is -2.21. The van der Waals surface area contributed by atoms with Gasteiger partial charge in [0.15, 0.2) is 12.4 Å². The van der Waals surface area contributed by atoms with Gasteiger partial charge in [0.05, 0.1) is 12.5 Å². The summed E-state index contributed by atoms with van der Waals surface area (Å²) in [5.41, 5.74) is 1.32. The predicted octanol–water partition coefficient (Wildman–Crippen LogP) is 3.21. The van der Waals surface area contributed by atoms with Crippen LogP contribution < -0.4 is 9.64 Å². The van der Waals surface area contributed by atoms with Crippen LogP contribution in [0, 0.1) is 11.3 Å². The van der Waals surface area contributed by atoms with Gasteiger partial charge in [-0.3, -0.25) is 9.59 Å². The number of rotatable bonds is 7. The van der Waals surface area contributed by atoms with Crippen LogP contribution in [0.3, 0.4) is 0 Å². The quantitative estimate of drug-likeness (QED) is 0.734. The van der Waals surface area contributed by atoms with Crippen LogP contribution in [0.2, 0.25) is 0 Å². The van der Waals surface area contributed by atoms with E-state index in [0.29, 0.717) is 17.9 Å². The second-order valence-electron chi connectivity index (χ2n) is 5.16. The largest absolute Gasteiger partial charge is 0.484 e. The monoisotopic (exact) mass is 322 g/mol. The topological polar surface area (TPSA) is 70.4 Å². The molecular weight excluding hydrogens is 304 g/mol. The Balaban J connectivity index is 2.02. The summed E-state index contributed by atoms with van der Waals surface area (Å²) in [7, 11) is 0. The highest BCUT2D eigenvalue weighted by Crippen LogP contribution is 2.16. The molecular formula is C19H18N2O3. The molecule has 0 heterocycles. The lowest BCUT2D eigenvalue weighted by atomic mass is 10.1. The number of anilines is 1. The molecule has 1 amide bonds. The Bertz CT molecular complexity index is 733. The van der Waals surface area contributed by atoms with Crippen LogP contribution >= 0.6 is 0 Å². The van der Waals surface area contributed by atoms with Gasteiger partial charge in [-0.25, -0.2) is 0 Å². The van der Waals surface area contributed by atoms with Crippen molar-refractivity contribution in [3.63, 3.8) is 0 Å². The maximum atomic E-state index is 12.4. The van der Waals surface area contributed by atoms with E-state index >= 15 is 0 Å². The first-order valence-electron chi connectivity index (χ1n) is 7.58. The summed E-state index contributed by atoms with van der Waals surface area (Å²) < 4.78 is 5.50. The fourth-order valence-corrected chi connectivity index (χ4v) is 2.18. The molecule has 24 heavy (non-hydrogen) atoms. The lowest BCUT2D eigenvalue weighted by molar-refractivity contribution is -0.120. The zero-order valence-corrected chi connectivity index (χ0v) is 13.4. The summed E-state index contributed by atoms with van der Waals surface area (Å²) in [5, 5.41) is 8.78. The molecule has 0 atom stereocenters. The number of para-hydroxylation sites is 1. The van der Waals surface area contributed by atoms with E-state index in [-0.39, 0.29) is 24.7 Å². The highest BCUT2D eigenvalue weighted by Gasteiger charge is 2.16. The molecule has 0 aromatic heterocycles. The Kier molecular flexibility index (Phi) is 6.09. The van der Waals surface area contributed by atoms with Crippen molar-refractivity contribution in [2.24, 2.45) is 0 Å². The number of ketones is 1. The first-order valence-corrected chi connectivity index (χ1v) is 7.58. The molecule has 5 heteroatoms. The summed E-state index contributed by atoms with van der Waals surface area (Å²) >= 11 is 0. The Morgan fingerprint density at radius 3 is 2.33 bits per heavy atom. The SMILES string of the molecule is CC(=O)c1ccc(OCC(=O)N(CCC#N)c2ccccc2)cc1. The molecule has 2 rings (SSSR count). The maximum absolute atomic E-state index is 12.4. The van der Waals surface area contributed by atoms with Gasteiger partial charge >= 0.3 is 0 Å². The number of ether oxygens (including phenoxy) is 1. The molecule has 0 radical (unpaired) electrons. The van der Waals surface area contributed by atoms with Crippen LogP contribution in [0.25, 0.3) is 0 Å². The second kappa shape index (κ2) is 8.49. The van der Waals surface area contributed by atoms with E-state index in [0.717, 1.165) is 5.69 Å². The summed E-state index contributed by atoms with van der Waals surface area (Å²) in [6, 6.07) is 17.9. The first-order chi connectivity index (χ1) is 11.6. The number of nitrogens with zero attached hydrogens (tertiary/aromatic N) is 2. The molecule has 2 aromatic carbocycles. The fourth-order valence-electron chi connectivity index (χ4n) is 2.18. The summed E-state index contributed by atoms with van der Waals surface area (Å²) in [6.07, 6.45) is 0.244. The summed E-state index contributed by atoms with van der Waals surface area (Å²) in [6.45, 7) is 1.66. The van der Waals surface area contributed by atoms with Gasteiger partial charge in [-0.1, -0.05) is 18.2 Å². The van der Waals surface area contributed by atoms with Crippen molar-refractivity contribution in [1.82, 2.24) is 0 Å². The van der Waals surface area contributed by atoms with E-state index in [1.807, 2.05) is 36.4 Å². The fraction of sp³-hybridized carbons (Fsp3) is 0.211. The van der Waals surface area contributed by atoms with Crippen molar-refractivity contribution in [3.8, 4) is 11.8 Å². The van der Waals surface area contributed by atoms with Crippen molar-refractivity contribution >= 4 is 17.4 Å². The van der Waals surface area contributed by atoms with Gasteiger partial charge in [0.2, 0.25) is 0 Å². The number of nitriles is 1. The van der Waals surface area contributed by atoms with E-state index in [1.165, 1.54) is 11.8 Å². The number of hydrogen-bond donors (Lipinski definition) is 0. The van der Waals surface area contributed by atoms with Crippen LogP contribution in [0.4, 0.5) is 5.69 Å². The van der Waals surface area contributed by atoms with Gasteiger partial charge in [0, 0.05) is 17.8 Å². The van der Waals surface area contributed by atoms with Gasteiger partial charge in [-0.2, -0.15) is 5.26 Å². The van der Waals surface area contributed by atoms with Crippen molar-refractivity contribution in [2.45, 2.75) is 13.3 Å². The van der Waals surface area contributed by atoms with Gasteiger partial charge in [0.25, 0.3) is 5.91 Å². The molecule has 0 N–H and O–H groups in total. The van der Waals surface area contributed by atoms with Gasteiger partial charge < -0.3 is 9.64 Å². The molecule has 0 bridgehead atoms. The number of carbonyl (C=O) groups excluding carboxylic acids is 2. The molecule has 2 aromatic rings. The second-order valence-corrected chi connectivity index (χ2v) is 5.16. The molecule has 122 valence electrons. The zero-order valence-electron chi connectivity index (χ0n) is 13.4. The smallest absolute Gasteiger partial charge is 0.264 e.